The highest BCUT2D eigenvalue weighted by atomic mass is 16.5. The van der Waals surface area contributed by atoms with E-state index in [1.165, 1.54) is 0 Å². The molecule has 0 aliphatic carbocycles. The molecule has 0 spiro atoms. The van der Waals surface area contributed by atoms with Gasteiger partial charge in [0.05, 0.1) is 6.10 Å². The summed E-state index contributed by atoms with van der Waals surface area (Å²) in [5.74, 6) is 0.874. The molecule has 4 aromatic rings. The lowest BCUT2D eigenvalue weighted by Crippen LogP contribution is -2.37. The van der Waals surface area contributed by atoms with Gasteiger partial charge in [-0.1, -0.05) is 29.8 Å². The van der Waals surface area contributed by atoms with Gasteiger partial charge < -0.3 is 19.0 Å². The van der Waals surface area contributed by atoms with Crippen LogP contribution in [0.15, 0.2) is 77.2 Å². The summed E-state index contributed by atoms with van der Waals surface area (Å²) < 4.78 is 11.8. The van der Waals surface area contributed by atoms with E-state index < -0.39 is 0 Å². The Balaban J connectivity index is 1.33. The molecule has 190 valence electrons. The Kier molecular flexibility index (Phi) is 7.32. The van der Waals surface area contributed by atoms with Gasteiger partial charge in [0.2, 0.25) is 11.8 Å². The molecule has 0 saturated carbocycles. The molecular formula is C30H32N4O3. The van der Waals surface area contributed by atoms with Gasteiger partial charge in [0, 0.05) is 56.2 Å². The summed E-state index contributed by atoms with van der Waals surface area (Å²) >= 11 is 0. The lowest BCUT2D eigenvalue weighted by atomic mass is 10.1. The van der Waals surface area contributed by atoms with Crippen molar-refractivity contribution < 1.29 is 13.9 Å². The number of carbonyl (C=O) groups is 1. The Morgan fingerprint density at radius 2 is 1.68 bits per heavy atom. The number of rotatable bonds is 8. The summed E-state index contributed by atoms with van der Waals surface area (Å²) in [6.07, 6.45) is 2.08. The van der Waals surface area contributed by atoms with Crippen LogP contribution in [0.2, 0.25) is 0 Å². The van der Waals surface area contributed by atoms with Crippen LogP contribution in [-0.4, -0.2) is 54.4 Å². The molecule has 1 fully saturated rings. The molecule has 1 amide bonds. The van der Waals surface area contributed by atoms with Crippen molar-refractivity contribution in [3.8, 4) is 22.9 Å². The van der Waals surface area contributed by atoms with Crippen LogP contribution in [0, 0.1) is 6.92 Å². The number of anilines is 1. The fourth-order valence-corrected chi connectivity index (χ4v) is 4.55. The van der Waals surface area contributed by atoms with Crippen molar-refractivity contribution in [2.75, 3.05) is 32.1 Å². The predicted molar refractivity (Wildman–Crippen MR) is 144 cm³/mol. The smallest absolute Gasteiger partial charge is 0.254 e. The van der Waals surface area contributed by atoms with Crippen LogP contribution in [0.4, 0.5) is 5.69 Å². The zero-order valence-electron chi connectivity index (χ0n) is 21.6. The van der Waals surface area contributed by atoms with Crippen molar-refractivity contribution >= 4 is 11.6 Å². The van der Waals surface area contributed by atoms with E-state index in [2.05, 4.69) is 39.4 Å². The van der Waals surface area contributed by atoms with Gasteiger partial charge >= 0.3 is 0 Å². The van der Waals surface area contributed by atoms with Crippen LogP contribution < -0.4 is 4.90 Å². The third-order valence-corrected chi connectivity index (χ3v) is 6.63. The first-order valence-electron chi connectivity index (χ1n) is 12.6. The number of amides is 1. The van der Waals surface area contributed by atoms with Crippen LogP contribution in [0.1, 0.15) is 34.3 Å². The standard InChI is InChI=1S/C30H32N4O3/c1-21-6-4-7-25(18-21)29-32-31-28(37-29)23-11-13-24(14-12-23)30(35)34(20-27-8-5-17-36-27)19-22-9-15-26(16-10-22)33(2)3/h4,6-7,9-16,18,27H,5,8,17,19-20H2,1-3H3. The van der Waals surface area contributed by atoms with E-state index in [-0.39, 0.29) is 12.0 Å². The summed E-state index contributed by atoms with van der Waals surface area (Å²) in [7, 11) is 4.04. The van der Waals surface area contributed by atoms with E-state index in [1.54, 1.807) is 0 Å². The first-order chi connectivity index (χ1) is 18.0. The molecular weight excluding hydrogens is 464 g/mol. The van der Waals surface area contributed by atoms with Crippen LogP contribution >= 0.6 is 0 Å². The first-order valence-corrected chi connectivity index (χ1v) is 12.6. The third-order valence-electron chi connectivity index (χ3n) is 6.63. The Bertz CT molecular complexity index is 1340. The van der Waals surface area contributed by atoms with Gasteiger partial charge in [-0.2, -0.15) is 0 Å². The zero-order valence-corrected chi connectivity index (χ0v) is 21.6. The number of carbonyl (C=O) groups excluding carboxylic acids is 1. The molecule has 7 nitrogen and oxygen atoms in total. The molecule has 7 heteroatoms. The van der Waals surface area contributed by atoms with Crippen molar-refractivity contribution in [2.45, 2.75) is 32.4 Å². The molecule has 1 aromatic heterocycles. The molecule has 37 heavy (non-hydrogen) atoms. The second-order valence-electron chi connectivity index (χ2n) is 9.74. The molecule has 0 N–H and O–H groups in total. The van der Waals surface area contributed by atoms with Crippen LogP contribution in [0.5, 0.6) is 0 Å². The molecule has 1 saturated heterocycles. The Hall–Kier alpha value is -3.97. The SMILES string of the molecule is Cc1cccc(-c2nnc(-c3ccc(C(=O)N(Cc4ccc(N(C)C)cc4)CC4CCCO4)cc3)o2)c1. The number of ether oxygens (including phenoxy) is 1. The minimum absolute atomic E-state index is 0.0234. The fourth-order valence-electron chi connectivity index (χ4n) is 4.55. The molecule has 1 atom stereocenters. The van der Waals surface area contributed by atoms with E-state index in [0.29, 0.717) is 30.4 Å². The predicted octanol–water partition coefficient (Wildman–Crippen LogP) is 5.60. The summed E-state index contributed by atoms with van der Waals surface area (Å²) in [5, 5.41) is 8.42. The van der Waals surface area contributed by atoms with Crippen molar-refractivity contribution in [3.05, 3.63) is 89.5 Å². The second kappa shape index (κ2) is 11.0. The Morgan fingerprint density at radius 1 is 0.946 bits per heavy atom. The van der Waals surface area contributed by atoms with E-state index in [4.69, 9.17) is 9.15 Å². The number of aryl methyl sites for hydroxylation is 1. The van der Waals surface area contributed by atoms with Crippen LogP contribution in [0.3, 0.4) is 0 Å². The second-order valence-corrected chi connectivity index (χ2v) is 9.74. The molecule has 1 unspecified atom stereocenters. The van der Waals surface area contributed by atoms with Gasteiger partial charge in [-0.05, 0) is 73.9 Å². The molecule has 2 heterocycles. The van der Waals surface area contributed by atoms with Gasteiger partial charge in [-0.25, -0.2) is 0 Å². The van der Waals surface area contributed by atoms with E-state index >= 15 is 0 Å². The summed E-state index contributed by atoms with van der Waals surface area (Å²) in [4.78, 5) is 17.5. The molecule has 5 rings (SSSR count). The minimum atomic E-state index is -0.0234. The van der Waals surface area contributed by atoms with Gasteiger partial charge in [0.1, 0.15) is 0 Å². The molecule has 1 aliphatic rings. The van der Waals surface area contributed by atoms with Crippen molar-refractivity contribution in [2.24, 2.45) is 0 Å². The summed E-state index contributed by atoms with van der Waals surface area (Å²) in [6, 6.07) is 23.6. The summed E-state index contributed by atoms with van der Waals surface area (Å²) in [6.45, 7) is 3.88. The van der Waals surface area contributed by atoms with Crippen molar-refractivity contribution in [1.29, 1.82) is 0 Å². The Labute approximate surface area is 217 Å². The van der Waals surface area contributed by atoms with Gasteiger partial charge in [0.25, 0.3) is 5.91 Å². The summed E-state index contributed by atoms with van der Waals surface area (Å²) in [5.41, 5.74) is 5.61. The molecule has 0 bridgehead atoms. The van der Waals surface area contributed by atoms with E-state index in [0.717, 1.165) is 47.4 Å². The number of nitrogens with zero attached hydrogens (tertiary/aromatic N) is 4. The zero-order chi connectivity index (χ0) is 25.8. The number of hydrogen-bond acceptors (Lipinski definition) is 6. The van der Waals surface area contributed by atoms with E-state index in [1.807, 2.05) is 74.4 Å². The molecule has 0 radical (unpaired) electrons. The van der Waals surface area contributed by atoms with Crippen molar-refractivity contribution in [1.82, 2.24) is 15.1 Å². The molecule has 1 aliphatic heterocycles. The monoisotopic (exact) mass is 496 g/mol. The lowest BCUT2D eigenvalue weighted by molar-refractivity contribution is 0.0507. The average Bonchev–Trinajstić information content (AvgIpc) is 3.61. The van der Waals surface area contributed by atoms with Gasteiger partial charge in [0.15, 0.2) is 0 Å². The molecule has 3 aromatic carbocycles. The maximum absolute atomic E-state index is 13.6. The first kappa shape index (κ1) is 24.7. The maximum Gasteiger partial charge on any atom is 0.254 e. The minimum Gasteiger partial charge on any atom is -0.416 e. The van der Waals surface area contributed by atoms with Crippen LogP contribution in [0.25, 0.3) is 22.9 Å². The number of benzene rings is 3. The van der Waals surface area contributed by atoms with Crippen molar-refractivity contribution in [3.63, 3.8) is 0 Å². The van der Waals surface area contributed by atoms with Gasteiger partial charge in [-0.3, -0.25) is 4.79 Å². The lowest BCUT2D eigenvalue weighted by Gasteiger charge is -2.26. The topological polar surface area (TPSA) is 71.7 Å². The average molecular weight is 497 g/mol. The fraction of sp³-hybridized carbons (Fsp3) is 0.300. The van der Waals surface area contributed by atoms with Gasteiger partial charge in [-0.15, -0.1) is 10.2 Å². The maximum atomic E-state index is 13.6. The highest BCUT2D eigenvalue weighted by molar-refractivity contribution is 5.94. The quantitative estimate of drug-likeness (QED) is 0.316. The number of hydrogen-bond donors (Lipinski definition) is 0. The van der Waals surface area contributed by atoms with E-state index in [9.17, 15) is 4.79 Å². The Morgan fingerprint density at radius 3 is 2.32 bits per heavy atom. The highest BCUT2D eigenvalue weighted by Gasteiger charge is 2.24. The normalized spacial score (nSPS) is 15.1. The number of aromatic nitrogens is 2. The third kappa shape index (κ3) is 5.89. The largest absolute Gasteiger partial charge is 0.416 e. The highest BCUT2D eigenvalue weighted by Crippen LogP contribution is 2.25. The van der Waals surface area contributed by atoms with Crippen LogP contribution in [-0.2, 0) is 11.3 Å².